The number of halogens is 1. The van der Waals surface area contributed by atoms with E-state index in [2.05, 4.69) is 0 Å². The Balaban J connectivity index is 2.08. The minimum atomic E-state index is -0.829. The van der Waals surface area contributed by atoms with Gasteiger partial charge in [0, 0.05) is 11.4 Å². The lowest BCUT2D eigenvalue weighted by Gasteiger charge is -2.13. The molecule has 1 N–H and O–H groups in total. The Morgan fingerprint density at radius 2 is 1.91 bits per heavy atom. The smallest absolute Gasteiger partial charge is 0.303 e. The summed E-state index contributed by atoms with van der Waals surface area (Å²) in [6.07, 6.45) is 0.493. The fourth-order valence-corrected chi connectivity index (χ4v) is 3.16. The highest BCUT2D eigenvalue weighted by Crippen LogP contribution is 2.30. The molecule has 5 heteroatoms. The van der Waals surface area contributed by atoms with Crippen LogP contribution in [0.3, 0.4) is 0 Å². The fourth-order valence-electron chi connectivity index (χ4n) is 2.42. The van der Waals surface area contributed by atoms with Crippen LogP contribution in [0.15, 0.2) is 53.9 Å². The van der Waals surface area contributed by atoms with Gasteiger partial charge in [0.15, 0.2) is 0 Å². The minimum absolute atomic E-state index is 0.0646. The zero-order valence-electron chi connectivity index (χ0n) is 11.7. The molecule has 0 bridgehead atoms. The maximum atomic E-state index is 13.2. The molecule has 0 saturated heterocycles. The predicted molar refractivity (Wildman–Crippen MR) is 85.0 cm³/mol. The number of aryl methyl sites for hydroxylation is 1. The van der Waals surface area contributed by atoms with E-state index in [1.807, 2.05) is 34.2 Å². The Hall–Kier alpha value is -2.40. The van der Waals surface area contributed by atoms with Crippen LogP contribution in [-0.2, 0) is 11.2 Å². The summed E-state index contributed by atoms with van der Waals surface area (Å²) >= 11 is 1.61. The van der Waals surface area contributed by atoms with Gasteiger partial charge in [-0.1, -0.05) is 6.07 Å². The lowest BCUT2D eigenvalue weighted by molar-refractivity contribution is -0.136. The van der Waals surface area contributed by atoms with Gasteiger partial charge >= 0.3 is 5.97 Å². The first kappa shape index (κ1) is 14.5. The summed E-state index contributed by atoms with van der Waals surface area (Å²) in [4.78, 5) is 11.9. The van der Waals surface area contributed by atoms with Crippen LogP contribution in [0.25, 0.3) is 16.3 Å². The molecule has 3 rings (SSSR count). The van der Waals surface area contributed by atoms with Gasteiger partial charge in [-0.3, -0.25) is 4.79 Å². The molecule has 0 amide bonds. The molecule has 3 nitrogen and oxygen atoms in total. The molecule has 0 spiro atoms. The summed E-state index contributed by atoms with van der Waals surface area (Å²) in [5.74, 6) is -1.12. The number of carboxylic acids is 1. The molecular formula is C17H14FNO2S. The van der Waals surface area contributed by atoms with Crippen LogP contribution in [0.1, 0.15) is 12.1 Å². The zero-order valence-corrected chi connectivity index (χ0v) is 12.5. The van der Waals surface area contributed by atoms with Crippen molar-refractivity contribution in [3.8, 4) is 16.3 Å². The van der Waals surface area contributed by atoms with Crippen LogP contribution in [0.2, 0.25) is 0 Å². The van der Waals surface area contributed by atoms with Gasteiger partial charge in [-0.2, -0.15) is 0 Å². The van der Waals surface area contributed by atoms with Crippen molar-refractivity contribution < 1.29 is 14.3 Å². The molecule has 2 heterocycles. The van der Waals surface area contributed by atoms with E-state index in [1.54, 1.807) is 23.5 Å². The summed E-state index contributed by atoms with van der Waals surface area (Å²) < 4.78 is 15.2. The van der Waals surface area contributed by atoms with Gasteiger partial charge in [-0.25, -0.2) is 4.39 Å². The SMILES string of the molecule is O=C(O)CCc1ccc(-c2cccs2)n1-c1ccc(F)cc1. The molecule has 1 aromatic carbocycles. The Morgan fingerprint density at radius 1 is 1.14 bits per heavy atom. The molecule has 0 radical (unpaired) electrons. The zero-order chi connectivity index (χ0) is 15.5. The molecule has 112 valence electrons. The van der Waals surface area contributed by atoms with E-state index < -0.39 is 5.97 Å². The van der Waals surface area contributed by atoms with Crippen molar-refractivity contribution in [2.75, 3.05) is 0 Å². The van der Waals surface area contributed by atoms with Crippen LogP contribution in [0.5, 0.6) is 0 Å². The largest absolute Gasteiger partial charge is 0.481 e. The van der Waals surface area contributed by atoms with E-state index in [0.717, 1.165) is 22.0 Å². The van der Waals surface area contributed by atoms with Crippen molar-refractivity contribution in [2.24, 2.45) is 0 Å². The maximum absolute atomic E-state index is 13.2. The van der Waals surface area contributed by atoms with E-state index in [1.165, 1.54) is 12.1 Å². The molecule has 0 aliphatic carbocycles. The van der Waals surface area contributed by atoms with E-state index in [9.17, 15) is 9.18 Å². The highest BCUT2D eigenvalue weighted by molar-refractivity contribution is 7.13. The highest BCUT2D eigenvalue weighted by atomic mass is 32.1. The second-order valence-corrected chi connectivity index (χ2v) is 5.84. The van der Waals surface area contributed by atoms with Gasteiger partial charge in [-0.05, 0) is 54.3 Å². The number of hydrogen-bond donors (Lipinski definition) is 1. The number of carboxylic acid groups (broad SMARTS) is 1. The molecule has 3 aromatic rings. The monoisotopic (exact) mass is 315 g/mol. The van der Waals surface area contributed by atoms with E-state index in [-0.39, 0.29) is 12.2 Å². The van der Waals surface area contributed by atoms with E-state index in [0.29, 0.717) is 6.42 Å². The van der Waals surface area contributed by atoms with Gasteiger partial charge < -0.3 is 9.67 Å². The molecule has 0 aliphatic heterocycles. The number of aliphatic carboxylic acids is 1. The Kier molecular flexibility index (Phi) is 4.06. The highest BCUT2D eigenvalue weighted by Gasteiger charge is 2.13. The van der Waals surface area contributed by atoms with Crippen LogP contribution < -0.4 is 0 Å². The van der Waals surface area contributed by atoms with Crippen LogP contribution in [0, 0.1) is 5.82 Å². The minimum Gasteiger partial charge on any atom is -0.481 e. The molecule has 0 aliphatic rings. The second kappa shape index (κ2) is 6.15. The number of aromatic nitrogens is 1. The lowest BCUT2D eigenvalue weighted by atomic mass is 10.2. The van der Waals surface area contributed by atoms with Crippen molar-refractivity contribution in [3.05, 3.63) is 65.4 Å². The number of thiophene rings is 1. The van der Waals surface area contributed by atoms with E-state index in [4.69, 9.17) is 5.11 Å². The van der Waals surface area contributed by atoms with E-state index >= 15 is 0 Å². The summed E-state index contributed by atoms with van der Waals surface area (Å²) in [6.45, 7) is 0. The third-order valence-electron chi connectivity index (χ3n) is 3.42. The normalized spacial score (nSPS) is 10.8. The second-order valence-electron chi connectivity index (χ2n) is 4.89. The molecule has 0 fully saturated rings. The first-order chi connectivity index (χ1) is 10.6. The molecule has 2 aromatic heterocycles. The molecule has 0 unspecified atom stereocenters. The van der Waals surface area contributed by atoms with Gasteiger partial charge in [0.2, 0.25) is 0 Å². The molecule has 0 saturated carbocycles. The number of rotatable bonds is 5. The summed E-state index contributed by atoms with van der Waals surface area (Å²) in [6, 6.07) is 14.1. The fraction of sp³-hybridized carbons (Fsp3) is 0.118. The Morgan fingerprint density at radius 3 is 2.55 bits per heavy atom. The van der Waals surface area contributed by atoms with Crippen molar-refractivity contribution in [2.45, 2.75) is 12.8 Å². The topological polar surface area (TPSA) is 42.2 Å². The molecule has 22 heavy (non-hydrogen) atoms. The van der Waals surface area contributed by atoms with Gasteiger partial charge in [-0.15, -0.1) is 11.3 Å². The summed E-state index contributed by atoms with van der Waals surface area (Å²) in [7, 11) is 0. The summed E-state index contributed by atoms with van der Waals surface area (Å²) in [5, 5.41) is 10.9. The predicted octanol–water partition coefficient (Wildman–Crippen LogP) is 4.36. The van der Waals surface area contributed by atoms with Crippen LogP contribution >= 0.6 is 11.3 Å². The lowest BCUT2D eigenvalue weighted by Crippen LogP contribution is -2.05. The third-order valence-corrected chi connectivity index (χ3v) is 4.31. The van der Waals surface area contributed by atoms with Crippen molar-refractivity contribution in [3.63, 3.8) is 0 Å². The van der Waals surface area contributed by atoms with Gasteiger partial charge in [0.05, 0.1) is 17.0 Å². The van der Waals surface area contributed by atoms with Gasteiger partial charge in [0.25, 0.3) is 0 Å². The molecule has 0 atom stereocenters. The first-order valence-electron chi connectivity index (χ1n) is 6.87. The standard InChI is InChI=1S/C17H14FNO2S/c18-12-3-5-13(6-4-12)19-14(8-10-17(20)21)7-9-15(19)16-2-1-11-22-16/h1-7,9,11H,8,10H2,(H,20,21). The van der Waals surface area contributed by atoms with Crippen molar-refractivity contribution in [1.29, 1.82) is 0 Å². The Labute approximate surface area is 131 Å². The number of benzene rings is 1. The Bertz CT molecular complexity index is 776. The van der Waals surface area contributed by atoms with Crippen molar-refractivity contribution >= 4 is 17.3 Å². The maximum Gasteiger partial charge on any atom is 0.303 e. The first-order valence-corrected chi connectivity index (χ1v) is 7.75. The van der Waals surface area contributed by atoms with Crippen molar-refractivity contribution in [1.82, 2.24) is 4.57 Å². The number of carbonyl (C=O) groups is 1. The number of nitrogens with zero attached hydrogens (tertiary/aromatic N) is 1. The molecular weight excluding hydrogens is 301 g/mol. The average molecular weight is 315 g/mol. The third kappa shape index (κ3) is 2.94. The average Bonchev–Trinajstić information content (AvgIpc) is 3.15. The number of hydrogen-bond acceptors (Lipinski definition) is 2. The van der Waals surface area contributed by atoms with Crippen LogP contribution in [-0.4, -0.2) is 15.6 Å². The van der Waals surface area contributed by atoms with Crippen LogP contribution in [0.4, 0.5) is 4.39 Å². The van der Waals surface area contributed by atoms with Gasteiger partial charge in [0.1, 0.15) is 5.82 Å². The quantitative estimate of drug-likeness (QED) is 0.760. The summed E-state index contributed by atoms with van der Waals surface area (Å²) in [5.41, 5.74) is 2.72.